The number of hydrogen-bond donors (Lipinski definition) is 0. The maximum absolute atomic E-state index is 11.5. The van der Waals surface area contributed by atoms with Crippen LogP contribution < -0.4 is 0 Å². The fourth-order valence-corrected chi connectivity index (χ4v) is 0.992. The van der Waals surface area contributed by atoms with Crippen molar-refractivity contribution in [2.45, 2.75) is 27.2 Å². The van der Waals surface area contributed by atoms with Gasteiger partial charge in [-0.05, 0) is 20.8 Å². The molecule has 15 heavy (non-hydrogen) atoms. The maximum atomic E-state index is 11.5. The lowest BCUT2D eigenvalue weighted by atomic mass is 9.83. The van der Waals surface area contributed by atoms with E-state index in [0.29, 0.717) is 0 Å². The molecule has 1 atom stereocenters. The van der Waals surface area contributed by atoms with E-state index >= 15 is 0 Å². The van der Waals surface area contributed by atoms with Crippen molar-refractivity contribution in [2.75, 3.05) is 13.7 Å². The summed E-state index contributed by atoms with van der Waals surface area (Å²) in [7, 11) is 1.20. The fraction of sp³-hybridized carbons (Fsp3) is 0.700. The quantitative estimate of drug-likeness (QED) is 0.500. The summed E-state index contributed by atoms with van der Waals surface area (Å²) in [6.45, 7) is 4.43. The summed E-state index contributed by atoms with van der Waals surface area (Å²) in [6.07, 6.45) is -0.294. The molecule has 5 nitrogen and oxygen atoms in total. The van der Waals surface area contributed by atoms with E-state index in [9.17, 15) is 14.4 Å². The molecule has 0 unspecified atom stereocenters. The van der Waals surface area contributed by atoms with Gasteiger partial charge in [-0.2, -0.15) is 0 Å². The molecule has 0 rings (SSSR count). The van der Waals surface area contributed by atoms with Gasteiger partial charge in [0.1, 0.15) is 11.2 Å². The van der Waals surface area contributed by atoms with E-state index in [-0.39, 0.29) is 13.0 Å². The highest BCUT2D eigenvalue weighted by molar-refractivity contribution is 6.04. The molecule has 5 heteroatoms. The molecule has 0 radical (unpaired) electrons. The zero-order chi connectivity index (χ0) is 12.1. The summed E-state index contributed by atoms with van der Waals surface area (Å²) in [6, 6.07) is 0. The third-order valence-corrected chi connectivity index (χ3v) is 2.23. The van der Waals surface area contributed by atoms with E-state index in [4.69, 9.17) is 4.74 Å². The number of methoxy groups -OCH3 is 1. The number of carbonyl (C=O) groups is 3. The predicted molar refractivity (Wildman–Crippen MR) is 52.1 cm³/mol. The second-order valence-electron chi connectivity index (χ2n) is 3.36. The fourth-order valence-electron chi connectivity index (χ4n) is 0.992. The van der Waals surface area contributed by atoms with Crippen molar-refractivity contribution in [3.63, 3.8) is 0 Å². The van der Waals surface area contributed by atoms with Gasteiger partial charge in [0, 0.05) is 0 Å². The molecule has 0 aromatic heterocycles. The summed E-state index contributed by atoms with van der Waals surface area (Å²) in [4.78, 5) is 33.9. The second kappa shape index (κ2) is 5.48. The number of ketones is 1. The van der Waals surface area contributed by atoms with Crippen molar-refractivity contribution in [1.82, 2.24) is 0 Å². The third-order valence-electron chi connectivity index (χ3n) is 2.23. The van der Waals surface area contributed by atoms with Gasteiger partial charge in [0.05, 0.1) is 20.1 Å². The lowest BCUT2D eigenvalue weighted by Gasteiger charge is -2.22. The Hall–Kier alpha value is -1.39. The molecule has 0 heterocycles. The Morgan fingerprint density at radius 2 is 1.80 bits per heavy atom. The van der Waals surface area contributed by atoms with Gasteiger partial charge >= 0.3 is 11.9 Å². The summed E-state index contributed by atoms with van der Waals surface area (Å²) in [5, 5.41) is 0. The molecule has 0 saturated heterocycles. The van der Waals surface area contributed by atoms with Gasteiger partial charge in [-0.3, -0.25) is 14.4 Å². The average molecular weight is 216 g/mol. The number of rotatable bonds is 5. The number of carbonyl (C=O) groups excluding carboxylic acids is 3. The molecule has 0 aromatic rings. The van der Waals surface area contributed by atoms with Crippen molar-refractivity contribution < 1.29 is 23.9 Å². The summed E-state index contributed by atoms with van der Waals surface area (Å²) in [5.74, 6) is -1.71. The number of esters is 2. The molecule has 0 aliphatic heterocycles. The van der Waals surface area contributed by atoms with Crippen LogP contribution in [0.4, 0.5) is 0 Å². The molecule has 86 valence electrons. The molecule has 0 spiro atoms. The normalized spacial score (nSPS) is 13.9. The molecular formula is C10H16O5. The van der Waals surface area contributed by atoms with Gasteiger partial charge in [-0.1, -0.05) is 0 Å². The topological polar surface area (TPSA) is 69.7 Å². The molecule has 0 fully saturated rings. The summed E-state index contributed by atoms with van der Waals surface area (Å²) in [5.41, 5.74) is -1.44. The van der Waals surface area contributed by atoms with Gasteiger partial charge in [-0.15, -0.1) is 0 Å². The molecule has 0 aliphatic carbocycles. The Morgan fingerprint density at radius 1 is 1.27 bits per heavy atom. The second-order valence-corrected chi connectivity index (χ2v) is 3.36. The zero-order valence-electron chi connectivity index (χ0n) is 9.46. The minimum absolute atomic E-state index is 0.170. The number of ether oxygens (including phenoxy) is 2. The van der Waals surface area contributed by atoms with Gasteiger partial charge in [0.25, 0.3) is 0 Å². The van der Waals surface area contributed by atoms with Crippen molar-refractivity contribution in [2.24, 2.45) is 5.41 Å². The third kappa shape index (κ3) is 3.34. The first-order valence-electron chi connectivity index (χ1n) is 4.63. The van der Waals surface area contributed by atoms with Crippen LogP contribution in [0.25, 0.3) is 0 Å². The van der Waals surface area contributed by atoms with Crippen LogP contribution in [0.5, 0.6) is 0 Å². The van der Waals surface area contributed by atoms with Crippen LogP contribution in [0.3, 0.4) is 0 Å². The Labute approximate surface area is 88.7 Å². The number of hydrogen-bond acceptors (Lipinski definition) is 5. The van der Waals surface area contributed by atoms with E-state index in [1.165, 1.54) is 21.0 Å². The molecule has 0 aliphatic rings. The first-order chi connectivity index (χ1) is 6.88. The highest BCUT2D eigenvalue weighted by atomic mass is 16.5. The summed E-state index contributed by atoms with van der Waals surface area (Å²) >= 11 is 0. The van der Waals surface area contributed by atoms with E-state index < -0.39 is 23.1 Å². The predicted octanol–water partition coefficient (Wildman–Crippen LogP) is 0.708. The first-order valence-corrected chi connectivity index (χ1v) is 4.63. The lowest BCUT2D eigenvalue weighted by molar-refractivity contribution is -0.164. The van der Waals surface area contributed by atoms with E-state index in [1.54, 1.807) is 6.92 Å². The standard InChI is InChI=1S/C10H16O5/c1-5-15-9(13)10(3,7(2)11)6-8(12)14-4/h5-6H2,1-4H3/t10-/m1/s1. The lowest BCUT2D eigenvalue weighted by Crippen LogP contribution is -2.38. The highest BCUT2D eigenvalue weighted by Gasteiger charge is 2.42. The minimum Gasteiger partial charge on any atom is -0.469 e. The van der Waals surface area contributed by atoms with Crippen LogP contribution in [0.2, 0.25) is 0 Å². The smallest absolute Gasteiger partial charge is 0.319 e. The van der Waals surface area contributed by atoms with Crippen LogP contribution in [0, 0.1) is 5.41 Å². The van der Waals surface area contributed by atoms with Gasteiger partial charge in [-0.25, -0.2) is 0 Å². The minimum atomic E-state index is -1.44. The molecule has 0 bridgehead atoms. The van der Waals surface area contributed by atoms with Crippen LogP contribution >= 0.6 is 0 Å². The Balaban J connectivity index is 4.81. The van der Waals surface area contributed by atoms with Crippen LogP contribution in [0.15, 0.2) is 0 Å². The Kier molecular flexibility index (Phi) is 4.97. The zero-order valence-corrected chi connectivity index (χ0v) is 9.46. The molecular weight excluding hydrogens is 200 g/mol. The maximum Gasteiger partial charge on any atom is 0.319 e. The van der Waals surface area contributed by atoms with Gasteiger partial charge in [0.2, 0.25) is 0 Å². The molecule has 0 N–H and O–H groups in total. The van der Waals surface area contributed by atoms with E-state index in [2.05, 4.69) is 4.74 Å². The van der Waals surface area contributed by atoms with Crippen LogP contribution in [-0.4, -0.2) is 31.4 Å². The monoisotopic (exact) mass is 216 g/mol. The summed E-state index contributed by atoms with van der Waals surface area (Å²) < 4.78 is 9.17. The largest absolute Gasteiger partial charge is 0.469 e. The first kappa shape index (κ1) is 13.6. The average Bonchev–Trinajstić information content (AvgIpc) is 2.17. The Morgan fingerprint density at radius 3 is 2.13 bits per heavy atom. The van der Waals surface area contributed by atoms with E-state index in [0.717, 1.165) is 0 Å². The Bertz CT molecular complexity index is 271. The SMILES string of the molecule is CCOC(=O)[C@](C)(CC(=O)OC)C(C)=O. The van der Waals surface area contributed by atoms with Crippen LogP contribution in [-0.2, 0) is 23.9 Å². The van der Waals surface area contributed by atoms with Crippen molar-refractivity contribution >= 4 is 17.7 Å². The van der Waals surface area contributed by atoms with Crippen molar-refractivity contribution in [3.05, 3.63) is 0 Å². The van der Waals surface area contributed by atoms with Crippen molar-refractivity contribution in [1.29, 1.82) is 0 Å². The number of Topliss-reactive ketones (excluding diaryl/α,β-unsaturated/α-hetero) is 1. The van der Waals surface area contributed by atoms with E-state index in [1.807, 2.05) is 0 Å². The van der Waals surface area contributed by atoms with Gasteiger partial charge in [0.15, 0.2) is 0 Å². The van der Waals surface area contributed by atoms with Crippen molar-refractivity contribution in [3.8, 4) is 0 Å². The van der Waals surface area contributed by atoms with Gasteiger partial charge < -0.3 is 9.47 Å². The molecule has 0 saturated carbocycles. The molecule has 0 aromatic carbocycles. The highest BCUT2D eigenvalue weighted by Crippen LogP contribution is 2.25. The molecule has 0 amide bonds. The van der Waals surface area contributed by atoms with Crippen LogP contribution in [0.1, 0.15) is 27.2 Å².